The number of rotatable bonds is 4. The fraction of sp³-hybridized carbons (Fsp3) is 0.852. The molecule has 0 aromatic heterocycles. The average Bonchev–Trinajstić information content (AvgIpc) is 2.67. The third kappa shape index (κ3) is 6.60. The first-order valence-electron chi connectivity index (χ1n) is 12.0. The van der Waals surface area contributed by atoms with Gasteiger partial charge in [-0.1, -0.05) is 70.1 Å². The van der Waals surface area contributed by atoms with Crippen molar-refractivity contribution in [3.8, 4) is 23.7 Å². The summed E-state index contributed by atoms with van der Waals surface area (Å²) in [7, 11) is 0. The zero-order chi connectivity index (χ0) is 19.1. The number of hydrogen-bond acceptors (Lipinski definition) is 0. The molecule has 0 heteroatoms. The molecule has 3 fully saturated rings. The van der Waals surface area contributed by atoms with E-state index in [0.717, 1.165) is 29.6 Å². The van der Waals surface area contributed by atoms with Crippen LogP contribution in [0.25, 0.3) is 0 Å². The third-order valence-corrected chi connectivity index (χ3v) is 8.20. The molecular formula is C27H42. The van der Waals surface area contributed by atoms with E-state index in [1.165, 1.54) is 83.5 Å². The van der Waals surface area contributed by atoms with Crippen LogP contribution in [-0.4, -0.2) is 0 Å². The molecule has 27 heavy (non-hydrogen) atoms. The molecule has 0 N–H and O–H groups in total. The van der Waals surface area contributed by atoms with E-state index < -0.39 is 0 Å². The van der Waals surface area contributed by atoms with Crippen LogP contribution in [0.3, 0.4) is 0 Å². The summed E-state index contributed by atoms with van der Waals surface area (Å²) in [6.45, 7) is 6.67. The van der Waals surface area contributed by atoms with Crippen molar-refractivity contribution in [2.75, 3.05) is 0 Å². The van der Waals surface area contributed by atoms with Gasteiger partial charge in [0.25, 0.3) is 0 Å². The van der Waals surface area contributed by atoms with E-state index >= 15 is 0 Å². The Morgan fingerprint density at radius 3 is 1.59 bits per heavy atom. The predicted octanol–water partition coefficient (Wildman–Crippen LogP) is 7.62. The largest absolute Gasteiger partial charge is 0.0925 e. The summed E-state index contributed by atoms with van der Waals surface area (Å²) >= 11 is 0. The quantitative estimate of drug-likeness (QED) is 0.449. The van der Waals surface area contributed by atoms with Crippen molar-refractivity contribution >= 4 is 0 Å². The first-order valence-corrected chi connectivity index (χ1v) is 12.0. The monoisotopic (exact) mass is 366 g/mol. The Hall–Kier alpha value is -0.880. The van der Waals surface area contributed by atoms with Crippen LogP contribution in [0.1, 0.15) is 111 Å². The molecule has 0 aliphatic heterocycles. The summed E-state index contributed by atoms with van der Waals surface area (Å²) in [5.41, 5.74) is 0.232. The maximum absolute atomic E-state index is 3.45. The van der Waals surface area contributed by atoms with Gasteiger partial charge in [0.2, 0.25) is 0 Å². The standard InChI is InChI=1S/C27H42/c1-4-5-6-17-27(3)18-15-26(16-19-27)21-25-13-11-24(12-14-25)20-23-9-7-22(2)8-10-23/h22-26H,7-16,18-21H2,1-3H3. The van der Waals surface area contributed by atoms with Crippen LogP contribution in [0.2, 0.25) is 0 Å². The van der Waals surface area contributed by atoms with Crippen molar-refractivity contribution in [1.82, 2.24) is 0 Å². The van der Waals surface area contributed by atoms with Gasteiger partial charge in [-0.2, -0.15) is 0 Å². The van der Waals surface area contributed by atoms with Crippen LogP contribution >= 0.6 is 0 Å². The van der Waals surface area contributed by atoms with Crippen molar-refractivity contribution in [2.45, 2.75) is 111 Å². The first kappa shape index (κ1) is 20.8. The Bertz CT molecular complexity index is 553. The van der Waals surface area contributed by atoms with Gasteiger partial charge in [-0.15, -0.1) is 0 Å². The van der Waals surface area contributed by atoms with Crippen molar-refractivity contribution in [3.05, 3.63) is 0 Å². The van der Waals surface area contributed by atoms with Gasteiger partial charge in [-0.05, 0) is 93.8 Å². The summed E-state index contributed by atoms with van der Waals surface area (Å²) in [6.07, 6.45) is 20.6. The van der Waals surface area contributed by atoms with Crippen LogP contribution in [0.4, 0.5) is 0 Å². The molecule has 3 saturated carbocycles. The van der Waals surface area contributed by atoms with Gasteiger partial charge in [0.05, 0.1) is 0 Å². The Kier molecular flexibility index (Phi) is 7.76. The molecule has 0 aromatic rings. The van der Waals surface area contributed by atoms with Gasteiger partial charge in [-0.25, -0.2) is 0 Å². The van der Waals surface area contributed by atoms with E-state index in [-0.39, 0.29) is 5.41 Å². The average molecular weight is 367 g/mol. The van der Waals surface area contributed by atoms with E-state index in [2.05, 4.69) is 37.5 Å². The Balaban J connectivity index is 1.34. The lowest BCUT2D eigenvalue weighted by atomic mass is 9.68. The maximum Gasteiger partial charge on any atom is 0.0297 e. The molecule has 3 rings (SSSR count). The molecular weight excluding hydrogens is 324 g/mol. The van der Waals surface area contributed by atoms with E-state index in [1.54, 1.807) is 6.42 Å². The van der Waals surface area contributed by atoms with Crippen LogP contribution in [0.15, 0.2) is 0 Å². The lowest BCUT2D eigenvalue weighted by Crippen LogP contribution is -2.26. The number of hydrogen-bond donors (Lipinski definition) is 0. The minimum Gasteiger partial charge on any atom is -0.0925 e. The highest BCUT2D eigenvalue weighted by Gasteiger charge is 2.32. The molecule has 0 heterocycles. The van der Waals surface area contributed by atoms with Gasteiger partial charge in [0.15, 0.2) is 0 Å². The zero-order valence-corrected chi connectivity index (χ0v) is 18.3. The minimum atomic E-state index is 0.232. The molecule has 3 aliphatic carbocycles. The van der Waals surface area contributed by atoms with E-state index in [1.807, 2.05) is 6.92 Å². The lowest BCUT2D eigenvalue weighted by Gasteiger charge is -2.37. The molecule has 0 saturated heterocycles. The summed E-state index contributed by atoms with van der Waals surface area (Å²) in [6, 6.07) is 0. The Morgan fingerprint density at radius 2 is 1.11 bits per heavy atom. The molecule has 0 unspecified atom stereocenters. The second-order valence-corrected chi connectivity index (χ2v) is 10.6. The highest BCUT2D eigenvalue weighted by atomic mass is 14.4. The highest BCUT2D eigenvalue weighted by Crippen LogP contribution is 2.44. The van der Waals surface area contributed by atoms with Gasteiger partial charge < -0.3 is 0 Å². The molecule has 0 amide bonds. The van der Waals surface area contributed by atoms with Gasteiger partial charge in [0, 0.05) is 5.41 Å². The topological polar surface area (TPSA) is 0 Å². The lowest BCUT2D eigenvalue weighted by molar-refractivity contribution is 0.157. The molecule has 0 atom stereocenters. The van der Waals surface area contributed by atoms with Gasteiger partial charge in [-0.3, -0.25) is 0 Å². The SMILES string of the molecule is CC#CC#CC1(C)CCC(CC2CCC(CC3CCC(C)CC3)CC2)CC1. The second kappa shape index (κ2) is 10.1. The smallest absolute Gasteiger partial charge is 0.0297 e. The summed E-state index contributed by atoms with van der Waals surface area (Å²) in [5.74, 6) is 17.5. The summed E-state index contributed by atoms with van der Waals surface area (Å²) in [4.78, 5) is 0. The molecule has 0 aromatic carbocycles. The van der Waals surface area contributed by atoms with Crippen molar-refractivity contribution < 1.29 is 0 Å². The maximum atomic E-state index is 3.45. The zero-order valence-electron chi connectivity index (χ0n) is 18.3. The van der Waals surface area contributed by atoms with Crippen LogP contribution in [0.5, 0.6) is 0 Å². The van der Waals surface area contributed by atoms with Crippen molar-refractivity contribution in [3.63, 3.8) is 0 Å². The van der Waals surface area contributed by atoms with Crippen LogP contribution in [-0.2, 0) is 0 Å². The molecule has 0 bridgehead atoms. The predicted molar refractivity (Wildman–Crippen MR) is 117 cm³/mol. The summed E-state index contributed by atoms with van der Waals surface area (Å²) < 4.78 is 0. The van der Waals surface area contributed by atoms with Crippen molar-refractivity contribution in [2.24, 2.45) is 35.0 Å². The molecule has 0 spiro atoms. The molecule has 150 valence electrons. The fourth-order valence-corrected chi connectivity index (χ4v) is 6.13. The van der Waals surface area contributed by atoms with Crippen LogP contribution < -0.4 is 0 Å². The summed E-state index contributed by atoms with van der Waals surface area (Å²) in [5, 5.41) is 0. The Labute approximate surface area is 169 Å². The van der Waals surface area contributed by atoms with Crippen molar-refractivity contribution in [1.29, 1.82) is 0 Å². The molecule has 0 nitrogen and oxygen atoms in total. The van der Waals surface area contributed by atoms with E-state index in [0.29, 0.717) is 0 Å². The van der Waals surface area contributed by atoms with E-state index in [4.69, 9.17) is 0 Å². The fourth-order valence-electron chi connectivity index (χ4n) is 6.13. The normalized spacial score (nSPS) is 39.6. The van der Waals surface area contributed by atoms with Gasteiger partial charge in [0.1, 0.15) is 0 Å². The van der Waals surface area contributed by atoms with Gasteiger partial charge >= 0.3 is 0 Å². The Morgan fingerprint density at radius 1 is 0.667 bits per heavy atom. The minimum absolute atomic E-state index is 0.232. The van der Waals surface area contributed by atoms with Crippen LogP contribution in [0, 0.1) is 58.7 Å². The molecule has 0 radical (unpaired) electrons. The first-order chi connectivity index (χ1) is 13.1. The third-order valence-electron chi connectivity index (χ3n) is 8.20. The highest BCUT2D eigenvalue weighted by molar-refractivity contribution is 5.28. The second-order valence-electron chi connectivity index (χ2n) is 10.6. The molecule has 3 aliphatic rings. The van der Waals surface area contributed by atoms with E-state index in [9.17, 15) is 0 Å².